The Bertz CT molecular complexity index is 346. The second kappa shape index (κ2) is 6.58. The van der Waals surface area contributed by atoms with Crippen LogP contribution in [-0.4, -0.2) is 20.9 Å². The van der Waals surface area contributed by atoms with Crippen molar-refractivity contribution in [3.05, 3.63) is 23.3 Å². The topological polar surface area (TPSA) is 20.2 Å². The highest BCUT2D eigenvalue weighted by atomic mass is 79.9. The Morgan fingerprint density at radius 1 is 1.61 bits per heavy atom. The van der Waals surface area contributed by atoms with Crippen LogP contribution >= 0.6 is 27.5 Å². The van der Waals surface area contributed by atoms with E-state index in [0.29, 0.717) is 4.83 Å². The summed E-state index contributed by atoms with van der Waals surface area (Å²) in [5.41, 5.74) is 3.76. The van der Waals surface area contributed by atoms with Crippen LogP contribution in [0.15, 0.2) is 23.3 Å². The van der Waals surface area contributed by atoms with Gasteiger partial charge in [0.2, 0.25) is 0 Å². The maximum atomic E-state index is 9.76. The molecule has 3 atom stereocenters. The summed E-state index contributed by atoms with van der Waals surface area (Å²) in [7, 11) is 0. The van der Waals surface area contributed by atoms with E-state index in [4.69, 9.17) is 11.6 Å². The molecule has 0 saturated heterocycles. The number of hydrogen-bond donors (Lipinski definition) is 1. The van der Waals surface area contributed by atoms with Gasteiger partial charge in [-0.15, -0.1) is 11.6 Å². The zero-order valence-electron chi connectivity index (χ0n) is 11.6. The molecule has 1 saturated carbocycles. The van der Waals surface area contributed by atoms with Gasteiger partial charge in [-0.2, -0.15) is 0 Å². The predicted molar refractivity (Wildman–Crippen MR) is 83.6 cm³/mol. The van der Waals surface area contributed by atoms with Crippen LogP contribution in [0.1, 0.15) is 52.9 Å². The van der Waals surface area contributed by atoms with E-state index in [1.54, 1.807) is 0 Å². The molecular weight excluding hydrogens is 312 g/mol. The summed E-state index contributed by atoms with van der Waals surface area (Å²) < 4.78 is 0. The molecule has 1 N–H and O–H groups in total. The molecule has 18 heavy (non-hydrogen) atoms. The van der Waals surface area contributed by atoms with E-state index in [-0.39, 0.29) is 11.0 Å². The summed E-state index contributed by atoms with van der Waals surface area (Å²) in [6.45, 7) is 9.94. The molecule has 1 fully saturated rings. The molecule has 1 aliphatic carbocycles. The van der Waals surface area contributed by atoms with Gasteiger partial charge >= 0.3 is 0 Å². The van der Waals surface area contributed by atoms with Gasteiger partial charge in [0.15, 0.2) is 0 Å². The lowest BCUT2D eigenvalue weighted by Gasteiger charge is -2.35. The Kier molecular flexibility index (Phi) is 5.95. The van der Waals surface area contributed by atoms with Crippen LogP contribution in [0.3, 0.4) is 0 Å². The number of halogens is 2. The Morgan fingerprint density at radius 3 is 2.72 bits per heavy atom. The molecule has 0 bridgehead atoms. The van der Waals surface area contributed by atoms with Crippen molar-refractivity contribution in [1.82, 2.24) is 0 Å². The zero-order chi connectivity index (χ0) is 13.9. The van der Waals surface area contributed by atoms with Crippen molar-refractivity contribution in [2.75, 3.05) is 0 Å². The fourth-order valence-electron chi connectivity index (χ4n) is 2.25. The molecule has 104 valence electrons. The fourth-order valence-corrected chi connectivity index (χ4v) is 3.04. The number of allylic oxidation sites excluding steroid dienone is 2. The summed E-state index contributed by atoms with van der Waals surface area (Å²) in [5, 5.41) is 9.76. The van der Waals surface area contributed by atoms with E-state index in [2.05, 4.69) is 36.4 Å². The van der Waals surface area contributed by atoms with Crippen LogP contribution in [0.5, 0.6) is 0 Å². The molecule has 0 spiro atoms. The monoisotopic (exact) mass is 334 g/mol. The second-order valence-electron chi connectivity index (χ2n) is 5.73. The first kappa shape index (κ1) is 16.3. The summed E-state index contributed by atoms with van der Waals surface area (Å²) in [6.07, 6.45) is 4.46. The number of alkyl halides is 2. The minimum absolute atomic E-state index is 0.124. The van der Waals surface area contributed by atoms with Gasteiger partial charge in [-0.25, -0.2) is 0 Å². The first-order chi connectivity index (χ1) is 8.24. The Hall–Kier alpha value is 0.210. The average Bonchev–Trinajstić information content (AvgIpc) is 2.29. The maximum Gasteiger partial charge on any atom is 0.0747 e. The third-order valence-electron chi connectivity index (χ3n) is 3.96. The van der Waals surface area contributed by atoms with Gasteiger partial charge < -0.3 is 5.11 Å². The van der Waals surface area contributed by atoms with E-state index in [1.165, 1.54) is 11.1 Å². The lowest BCUT2D eigenvalue weighted by Crippen LogP contribution is -2.33. The molecule has 0 amide bonds. The summed E-state index contributed by atoms with van der Waals surface area (Å²) in [4.78, 5) is 0.220. The maximum absolute atomic E-state index is 9.76. The molecular formula is C15H24BrClO. The lowest BCUT2D eigenvalue weighted by molar-refractivity contribution is 0.201. The van der Waals surface area contributed by atoms with Crippen molar-refractivity contribution in [1.29, 1.82) is 0 Å². The third-order valence-corrected chi connectivity index (χ3v) is 6.01. The molecule has 0 aromatic heterocycles. The van der Waals surface area contributed by atoms with Gasteiger partial charge in [0, 0.05) is 4.83 Å². The second-order valence-corrected chi connectivity index (χ2v) is 7.70. The minimum Gasteiger partial charge on any atom is -0.389 e. The summed E-state index contributed by atoms with van der Waals surface area (Å²) in [5.74, 6) is 0. The SMILES string of the molecule is C=C(C)[C@@H](O)CC/C(C)=C1\CC[C@](C)(Cl)[C@@H](Br)C1. The van der Waals surface area contributed by atoms with E-state index >= 15 is 0 Å². The smallest absolute Gasteiger partial charge is 0.0747 e. The van der Waals surface area contributed by atoms with Crippen molar-refractivity contribution < 1.29 is 5.11 Å². The molecule has 0 aromatic rings. The van der Waals surface area contributed by atoms with Crippen molar-refractivity contribution in [3.63, 3.8) is 0 Å². The molecule has 0 radical (unpaired) electrons. The summed E-state index contributed by atoms with van der Waals surface area (Å²) in [6, 6.07) is 0. The van der Waals surface area contributed by atoms with Crippen molar-refractivity contribution >= 4 is 27.5 Å². The van der Waals surface area contributed by atoms with Crippen molar-refractivity contribution in [2.24, 2.45) is 0 Å². The van der Waals surface area contributed by atoms with Gasteiger partial charge in [-0.05, 0) is 52.9 Å². The van der Waals surface area contributed by atoms with Gasteiger partial charge in [0.05, 0.1) is 11.0 Å². The lowest BCUT2D eigenvalue weighted by atomic mass is 9.83. The minimum atomic E-state index is -0.373. The van der Waals surface area contributed by atoms with Crippen LogP contribution in [0, 0.1) is 0 Å². The van der Waals surface area contributed by atoms with E-state index in [0.717, 1.165) is 37.7 Å². The Morgan fingerprint density at radius 2 is 2.22 bits per heavy atom. The summed E-state index contributed by atoms with van der Waals surface area (Å²) >= 11 is 10.1. The highest BCUT2D eigenvalue weighted by Gasteiger charge is 2.34. The molecule has 0 aromatic carbocycles. The highest BCUT2D eigenvalue weighted by molar-refractivity contribution is 9.09. The quantitative estimate of drug-likeness (QED) is 0.568. The van der Waals surface area contributed by atoms with E-state index in [9.17, 15) is 5.11 Å². The molecule has 1 nitrogen and oxygen atoms in total. The van der Waals surface area contributed by atoms with Crippen molar-refractivity contribution in [2.45, 2.75) is 68.7 Å². The molecule has 1 rings (SSSR count). The molecule has 1 aliphatic rings. The highest BCUT2D eigenvalue weighted by Crippen LogP contribution is 2.42. The van der Waals surface area contributed by atoms with E-state index in [1.807, 2.05) is 6.92 Å². The van der Waals surface area contributed by atoms with Crippen LogP contribution in [0.2, 0.25) is 0 Å². The number of rotatable bonds is 4. The van der Waals surface area contributed by atoms with Gasteiger partial charge in [0.1, 0.15) is 0 Å². The predicted octanol–water partition coefficient (Wildman–Crippen LogP) is 4.97. The normalized spacial score (nSPS) is 33.1. The number of hydrogen-bond acceptors (Lipinski definition) is 1. The van der Waals surface area contributed by atoms with Crippen LogP contribution in [0.25, 0.3) is 0 Å². The van der Waals surface area contributed by atoms with Crippen LogP contribution in [0.4, 0.5) is 0 Å². The number of aliphatic hydroxyl groups is 1. The van der Waals surface area contributed by atoms with Crippen LogP contribution < -0.4 is 0 Å². The van der Waals surface area contributed by atoms with Crippen molar-refractivity contribution in [3.8, 4) is 0 Å². The first-order valence-corrected chi connectivity index (χ1v) is 7.87. The molecule has 3 heteroatoms. The van der Waals surface area contributed by atoms with Gasteiger partial charge in [0.25, 0.3) is 0 Å². The first-order valence-electron chi connectivity index (χ1n) is 6.58. The average molecular weight is 336 g/mol. The Labute approximate surface area is 124 Å². The van der Waals surface area contributed by atoms with Gasteiger partial charge in [-0.1, -0.05) is 39.2 Å². The Balaban J connectivity index is 2.57. The third kappa shape index (κ3) is 4.40. The largest absolute Gasteiger partial charge is 0.389 e. The fraction of sp³-hybridized carbons (Fsp3) is 0.733. The zero-order valence-corrected chi connectivity index (χ0v) is 13.9. The van der Waals surface area contributed by atoms with Gasteiger partial charge in [-0.3, -0.25) is 0 Å². The standard InChI is InChI=1S/C15H24BrClO/c1-10(2)13(18)6-5-11(3)12-7-8-15(4,17)14(16)9-12/h13-14,18H,1,5-9H2,2-4H3/b12-11+/t13-,14-,15-/m0/s1. The van der Waals surface area contributed by atoms with E-state index < -0.39 is 0 Å². The molecule has 0 heterocycles. The molecule has 0 aliphatic heterocycles. The van der Waals surface area contributed by atoms with Crippen LogP contribution in [-0.2, 0) is 0 Å². The molecule has 0 unspecified atom stereocenters. The number of aliphatic hydroxyl groups excluding tert-OH is 1.